The number of rotatable bonds is 6. The molecular weight excluding hydrogens is 823 g/mol. The molecule has 68 heavy (non-hydrogen) atoms. The van der Waals surface area contributed by atoms with E-state index in [1.807, 2.05) is 0 Å². The van der Waals surface area contributed by atoms with E-state index in [2.05, 4.69) is 266 Å². The van der Waals surface area contributed by atoms with E-state index in [0.717, 1.165) is 28.4 Å². The lowest BCUT2D eigenvalue weighted by Gasteiger charge is -2.48. The standard InChI is InChI=1S/C66H45NO/c1-4-22-45(23-5-1)63-49-28-11-10-21-44(49)39-42-60(63)67(48-40-41-53-52-31-12-15-32-54(52)65(59(53)43-48,46-24-6-2-7-25-46)47-26-8-3-9-27-47)61-37-20-36-58-64(61)68-62-38-19-18-35-57(62)66(58)55-33-16-13-29-50(55)51-30-14-17-34-56(51)66/h1-43,57,62H. The molecular formula is C66H45NO. The van der Waals surface area contributed by atoms with Gasteiger partial charge in [-0.25, -0.2) is 0 Å². The number of hydrogen-bond acceptors (Lipinski definition) is 2. The topological polar surface area (TPSA) is 12.5 Å². The molecule has 0 amide bonds. The summed E-state index contributed by atoms with van der Waals surface area (Å²) in [5.74, 6) is 0.929. The van der Waals surface area contributed by atoms with E-state index in [0.29, 0.717) is 0 Å². The molecule has 10 aromatic rings. The first-order valence-corrected chi connectivity index (χ1v) is 23.8. The lowest BCUT2D eigenvalue weighted by atomic mass is 9.60. The molecule has 0 N–H and O–H groups in total. The Morgan fingerprint density at radius 1 is 0.397 bits per heavy atom. The Hall–Kier alpha value is -8.46. The first-order chi connectivity index (χ1) is 33.8. The Labute approximate surface area is 397 Å². The summed E-state index contributed by atoms with van der Waals surface area (Å²) in [6.45, 7) is 0. The van der Waals surface area contributed by atoms with Crippen molar-refractivity contribution in [1.82, 2.24) is 0 Å². The minimum Gasteiger partial charge on any atom is -0.483 e. The van der Waals surface area contributed by atoms with E-state index in [4.69, 9.17) is 4.74 Å². The van der Waals surface area contributed by atoms with Gasteiger partial charge in [-0.1, -0.05) is 231 Å². The number of fused-ring (bicyclic) bond motifs is 13. The number of hydrogen-bond donors (Lipinski definition) is 0. The van der Waals surface area contributed by atoms with Gasteiger partial charge >= 0.3 is 0 Å². The largest absolute Gasteiger partial charge is 0.483 e. The van der Waals surface area contributed by atoms with Crippen LogP contribution in [0.4, 0.5) is 17.1 Å². The molecule has 1 heterocycles. The maximum absolute atomic E-state index is 7.58. The van der Waals surface area contributed by atoms with Crippen LogP contribution in [0, 0.1) is 5.92 Å². The molecule has 0 saturated carbocycles. The van der Waals surface area contributed by atoms with Gasteiger partial charge in [-0.15, -0.1) is 0 Å². The molecule has 1 spiro atoms. The van der Waals surface area contributed by atoms with E-state index >= 15 is 0 Å². The third kappa shape index (κ3) is 5.29. The van der Waals surface area contributed by atoms with Crippen LogP contribution in [0.25, 0.3) is 44.2 Å². The Balaban J connectivity index is 1.11. The van der Waals surface area contributed by atoms with E-state index < -0.39 is 10.8 Å². The van der Waals surface area contributed by atoms with Crippen molar-refractivity contribution in [3.8, 4) is 39.1 Å². The molecule has 10 aromatic carbocycles. The highest BCUT2D eigenvalue weighted by Gasteiger charge is 2.56. The molecule has 320 valence electrons. The highest BCUT2D eigenvalue weighted by atomic mass is 16.5. The SMILES string of the molecule is C1=CC2Oc3c(N(c4ccc5c(c4)C(c4ccccc4)(c4ccccc4)c4ccccc4-5)c4ccc5ccccc5c4-c4ccccc4)cccc3C3(c4ccccc4-c4ccccc43)C2C=C1. The summed E-state index contributed by atoms with van der Waals surface area (Å²) >= 11 is 0. The number of nitrogens with zero attached hydrogens (tertiary/aromatic N) is 1. The number of benzene rings is 10. The van der Waals surface area contributed by atoms with Gasteiger partial charge in [-0.05, 0) is 102 Å². The fourth-order valence-electron chi connectivity index (χ4n) is 12.8. The third-order valence-corrected chi connectivity index (χ3v) is 15.4. The van der Waals surface area contributed by atoms with Gasteiger partial charge in [0.25, 0.3) is 0 Å². The van der Waals surface area contributed by atoms with Crippen molar-refractivity contribution in [3.63, 3.8) is 0 Å². The molecule has 0 bridgehead atoms. The summed E-state index contributed by atoms with van der Waals surface area (Å²) < 4.78 is 7.58. The zero-order chi connectivity index (χ0) is 44.8. The van der Waals surface area contributed by atoms with Crippen molar-refractivity contribution in [2.45, 2.75) is 16.9 Å². The van der Waals surface area contributed by atoms with Crippen LogP contribution >= 0.6 is 0 Å². The van der Waals surface area contributed by atoms with E-state index in [9.17, 15) is 0 Å². The predicted octanol–water partition coefficient (Wildman–Crippen LogP) is 16.2. The third-order valence-electron chi connectivity index (χ3n) is 15.4. The normalized spacial score (nSPS) is 17.1. The molecule has 0 aromatic heterocycles. The fraction of sp³-hybridized carbons (Fsp3) is 0.0606. The van der Waals surface area contributed by atoms with Crippen LogP contribution in [0.3, 0.4) is 0 Å². The number of para-hydroxylation sites is 1. The summed E-state index contributed by atoms with van der Waals surface area (Å²) in [6.07, 6.45) is 8.82. The van der Waals surface area contributed by atoms with E-state index in [1.165, 1.54) is 77.5 Å². The van der Waals surface area contributed by atoms with Gasteiger partial charge < -0.3 is 9.64 Å². The smallest absolute Gasteiger partial charge is 0.148 e. The van der Waals surface area contributed by atoms with Crippen LogP contribution in [0.5, 0.6) is 5.75 Å². The van der Waals surface area contributed by atoms with Crippen LogP contribution in [-0.4, -0.2) is 6.10 Å². The second kappa shape index (κ2) is 15.0. The van der Waals surface area contributed by atoms with Crippen molar-refractivity contribution in [2.75, 3.05) is 4.90 Å². The van der Waals surface area contributed by atoms with Crippen molar-refractivity contribution >= 4 is 27.8 Å². The van der Waals surface area contributed by atoms with Gasteiger partial charge in [0.1, 0.15) is 11.9 Å². The van der Waals surface area contributed by atoms with Crippen molar-refractivity contribution in [3.05, 3.63) is 300 Å². The van der Waals surface area contributed by atoms with Crippen molar-refractivity contribution in [1.29, 1.82) is 0 Å². The predicted molar refractivity (Wildman–Crippen MR) is 279 cm³/mol. The highest BCUT2D eigenvalue weighted by Crippen LogP contribution is 2.64. The Bertz CT molecular complexity index is 3600. The number of ether oxygens (including phenoxy) is 1. The van der Waals surface area contributed by atoms with Gasteiger partial charge in [0.15, 0.2) is 0 Å². The van der Waals surface area contributed by atoms with Gasteiger partial charge in [0.05, 0.1) is 22.2 Å². The van der Waals surface area contributed by atoms with Gasteiger partial charge in [0.2, 0.25) is 0 Å². The average molecular weight is 868 g/mol. The highest BCUT2D eigenvalue weighted by molar-refractivity contribution is 6.06. The minimum atomic E-state index is -0.581. The summed E-state index contributed by atoms with van der Waals surface area (Å²) in [6, 6.07) is 87.8. The Morgan fingerprint density at radius 3 is 1.66 bits per heavy atom. The summed E-state index contributed by atoms with van der Waals surface area (Å²) in [5, 5.41) is 2.39. The first kappa shape index (κ1) is 38.8. The number of anilines is 3. The Kier molecular flexibility index (Phi) is 8.57. The van der Waals surface area contributed by atoms with Crippen molar-refractivity contribution in [2.24, 2.45) is 5.92 Å². The van der Waals surface area contributed by atoms with Crippen molar-refractivity contribution < 1.29 is 4.74 Å². The first-order valence-electron chi connectivity index (χ1n) is 23.8. The van der Waals surface area contributed by atoms with Crippen LogP contribution in [-0.2, 0) is 10.8 Å². The molecule has 0 saturated heterocycles. The summed E-state index contributed by atoms with van der Waals surface area (Å²) in [7, 11) is 0. The fourth-order valence-corrected chi connectivity index (χ4v) is 12.8. The quantitative estimate of drug-likeness (QED) is 0.165. The summed E-state index contributed by atoms with van der Waals surface area (Å²) in [4.78, 5) is 2.51. The van der Waals surface area contributed by atoms with Crippen LogP contribution in [0.15, 0.2) is 261 Å². The molecule has 0 radical (unpaired) electrons. The molecule has 14 rings (SSSR count). The second-order valence-corrected chi connectivity index (χ2v) is 18.6. The second-order valence-electron chi connectivity index (χ2n) is 18.6. The van der Waals surface area contributed by atoms with Crippen LogP contribution < -0.4 is 9.64 Å². The molecule has 2 unspecified atom stereocenters. The maximum Gasteiger partial charge on any atom is 0.148 e. The molecule has 0 fully saturated rings. The molecule has 2 nitrogen and oxygen atoms in total. The van der Waals surface area contributed by atoms with Crippen LogP contribution in [0.1, 0.15) is 38.9 Å². The zero-order valence-corrected chi connectivity index (χ0v) is 37.3. The van der Waals surface area contributed by atoms with Gasteiger partial charge in [0, 0.05) is 22.7 Å². The van der Waals surface area contributed by atoms with E-state index in [-0.39, 0.29) is 12.0 Å². The van der Waals surface area contributed by atoms with Gasteiger partial charge in [-0.2, -0.15) is 0 Å². The molecule has 3 aliphatic carbocycles. The lowest BCUT2D eigenvalue weighted by Crippen LogP contribution is -2.48. The van der Waals surface area contributed by atoms with E-state index in [1.54, 1.807) is 0 Å². The van der Waals surface area contributed by atoms with Crippen LogP contribution in [0.2, 0.25) is 0 Å². The maximum atomic E-state index is 7.58. The molecule has 1 aliphatic heterocycles. The average Bonchev–Trinajstić information content (AvgIpc) is 3.88. The molecule has 2 heteroatoms. The Morgan fingerprint density at radius 2 is 0.956 bits per heavy atom. The lowest BCUT2D eigenvalue weighted by molar-refractivity contribution is 0.142. The summed E-state index contributed by atoms with van der Waals surface area (Å²) in [5.41, 5.74) is 18.3. The van der Waals surface area contributed by atoms with Gasteiger partial charge in [-0.3, -0.25) is 0 Å². The molecule has 4 aliphatic rings. The minimum absolute atomic E-state index is 0.0323. The zero-order valence-electron chi connectivity index (χ0n) is 37.3. The monoisotopic (exact) mass is 867 g/mol. The number of allylic oxidation sites excluding steroid dienone is 2. The molecule has 2 atom stereocenters.